The highest BCUT2D eigenvalue weighted by molar-refractivity contribution is 5.20. The summed E-state index contributed by atoms with van der Waals surface area (Å²) >= 11 is 0. The minimum Gasteiger partial charge on any atom is -0.390 e. The van der Waals surface area contributed by atoms with E-state index in [1.165, 1.54) is 0 Å². The first-order chi connectivity index (χ1) is 9.61. The lowest BCUT2D eigenvalue weighted by molar-refractivity contribution is -0.0346. The maximum atomic E-state index is 10.5. The van der Waals surface area contributed by atoms with Crippen molar-refractivity contribution in [3.05, 3.63) is 53.3 Å². The molecule has 2 unspecified atom stereocenters. The lowest BCUT2D eigenvalue weighted by Crippen LogP contribution is -2.24. The second kappa shape index (κ2) is 6.68. The van der Waals surface area contributed by atoms with Crippen LogP contribution in [0.2, 0.25) is 0 Å². The Balaban J connectivity index is 2.15. The molecule has 1 N–H and O–H groups in total. The molecular weight excluding hydrogens is 252 g/mol. The fourth-order valence-corrected chi connectivity index (χ4v) is 2.43. The Hall–Kier alpha value is -1.65. The van der Waals surface area contributed by atoms with Crippen LogP contribution in [0.25, 0.3) is 0 Å². The number of aryl methyl sites for hydroxylation is 2. The van der Waals surface area contributed by atoms with Crippen LogP contribution in [0.4, 0.5) is 0 Å². The van der Waals surface area contributed by atoms with Gasteiger partial charge in [0, 0.05) is 25.8 Å². The zero-order valence-corrected chi connectivity index (χ0v) is 12.3. The lowest BCUT2D eigenvalue weighted by Gasteiger charge is -2.23. The van der Waals surface area contributed by atoms with Crippen LogP contribution in [0.3, 0.4) is 0 Å². The quantitative estimate of drug-likeness (QED) is 0.880. The Kier molecular flexibility index (Phi) is 4.93. The van der Waals surface area contributed by atoms with Crippen molar-refractivity contribution in [1.82, 2.24) is 9.78 Å². The minimum absolute atomic E-state index is 0.309. The summed E-state index contributed by atoms with van der Waals surface area (Å²) in [5, 5.41) is 14.8. The summed E-state index contributed by atoms with van der Waals surface area (Å²) in [6.07, 6.45) is -0.375. The molecule has 0 aliphatic heterocycles. The molecule has 2 rings (SSSR count). The van der Waals surface area contributed by atoms with Crippen LogP contribution in [0.1, 0.15) is 30.0 Å². The van der Waals surface area contributed by atoms with Crippen LogP contribution in [0.15, 0.2) is 36.4 Å². The molecule has 2 aromatic rings. The summed E-state index contributed by atoms with van der Waals surface area (Å²) in [5.74, 6) is 0. The normalized spacial score (nSPS) is 14.2. The van der Waals surface area contributed by atoms with E-state index in [4.69, 9.17) is 4.74 Å². The van der Waals surface area contributed by atoms with Gasteiger partial charge >= 0.3 is 0 Å². The van der Waals surface area contributed by atoms with E-state index in [-0.39, 0.29) is 6.10 Å². The van der Waals surface area contributed by atoms with Crippen molar-refractivity contribution in [3.63, 3.8) is 0 Å². The topological polar surface area (TPSA) is 47.3 Å². The number of nitrogens with zero attached hydrogens (tertiary/aromatic N) is 2. The Bertz CT molecular complexity index is 537. The third kappa shape index (κ3) is 3.46. The van der Waals surface area contributed by atoms with Gasteiger partial charge in [0.1, 0.15) is 6.10 Å². The molecule has 0 amide bonds. The number of hydrogen-bond donors (Lipinski definition) is 1. The lowest BCUT2D eigenvalue weighted by atomic mass is 10.0. The van der Waals surface area contributed by atoms with E-state index in [1.807, 2.05) is 62.0 Å². The summed E-state index contributed by atoms with van der Waals surface area (Å²) in [4.78, 5) is 0. The molecule has 1 aromatic carbocycles. The first-order valence-corrected chi connectivity index (χ1v) is 6.96. The van der Waals surface area contributed by atoms with Gasteiger partial charge in [-0.25, -0.2) is 0 Å². The fourth-order valence-electron chi connectivity index (χ4n) is 2.43. The average molecular weight is 274 g/mol. The number of benzene rings is 1. The molecule has 4 heteroatoms. The van der Waals surface area contributed by atoms with Gasteiger partial charge in [0.2, 0.25) is 0 Å². The molecule has 0 spiro atoms. The van der Waals surface area contributed by atoms with E-state index in [9.17, 15) is 5.11 Å². The van der Waals surface area contributed by atoms with E-state index < -0.39 is 6.10 Å². The molecule has 20 heavy (non-hydrogen) atoms. The maximum absolute atomic E-state index is 10.5. The molecule has 0 saturated heterocycles. The number of ether oxygens (including phenoxy) is 1. The molecule has 0 saturated carbocycles. The standard InChI is InChI=1S/C16H22N2O2/c1-4-20-16(13-8-6-5-7-9-13)15(19)11-14-10-12(2)17-18(14)3/h5-10,15-16,19H,4,11H2,1-3H3. The molecular formula is C16H22N2O2. The number of aromatic nitrogens is 2. The first kappa shape index (κ1) is 14.8. The SMILES string of the molecule is CCOC(c1ccccc1)C(O)Cc1cc(C)nn1C. The molecule has 4 nitrogen and oxygen atoms in total. The molecule has 0 bridgehead atoms. The van der Waals surface area contributed by atoms with Crippen LogP contribution in [0.5, 0.6) is 0 Å². The third-order valence-corrected chi connectivity index (χ3v) is 3.34. The average Bonchev–Trinajstić information content (AvgIpc) is 2.75. The summed E-state index contributed by atoms with van der Waals surface area (Å²) in [5.41, 5.74) is 2.97. The highest BCUT2D eigenvalue weighted by Gasteiger charge is 2.23. The van der Waals surface area contributed by atoms with Gasteiger partial charge in [-0.15, -0.1) is 0 Å². The summed E-state index contributed by atoms with van der Waals surface area (Å²) in [6, 6.07) is 11.8. The minimum atomic E-state index is -0.591. The molecule has 2 atom stereocenters. The zero-order chi connectivity index (χ0) is 14.5. The van der Waals surface area contributed by atoms with E-state index >= 15 is 0 Å². The number of aliphatic hydroxyl groups excluding tert-OH is 1. The largest absolute Gasteiger partial charge is 0.390 e. The van der Waals surface area contributed by atoms with Crippen LogP contribution in [-0.4, -0.2) is 27.6 Å². The molecule has 1 heterocycles. The fraction of sp³-hybridized carbons (Fsp3) is 0.438. The number of aliphatic hydroxyl groups is 1. The Labute approximate surface area is 120 Å². The second-order valence-corrected chi connectivity index (χ2v) is 4.96. The van der Waals surface area contributed by atoms with Crippen molar-refractivity contribution >= 4 is 0 Å². The summed E-state index contributed by atoms with van der Waals surface area (Å²) in [7, 11) is 1.90. The smallest absolute Gasteiger partial charge is 0.109 e. The van der Waals surface area contributed by atoms with E-state index in [1.54, 1.807) is 0 Å². The van der Waals surface area contributed by atoms with Gasteiger partial charge in [0.05, 0.1) is 11.8 Å². The highest BCUT2D eigenvalue weighted by Crippen LogP contribution is 2.23. The van der Waals surface area contributed by atoms with Gasteiger partial charge in [0.15, 0.2) is 0 Å². The van der Waals surface area contributed by atoms with Gasteiger partial charge in [-0.05, 0) is 25.5 Å². The predicted octanol–water partition coefficient (Wildman–Crippen LogP) is 2.41. The van der Waals surface area contributed by atoms with Gasteiger partial charge in [-0.2, -0.15) is 5.10 Å². The predicted molar refractivity (Wildman–Crippen MR) is 78.5 cm³/mol. The molecule has 0 aliphatic carbocycles. The first-order valence-electron chi connectivity index (χ1n) is 6.96. The zero-order valence-electron chi connectivity index (χ0n) is 12.3. The van der Waals surface area contributed by atoms with Crippen molar-refractivity contribution in [2.75, 3.05) is 6.61 Å². The second-order valence-electron chi connectivity index (χ2n) is 4.96. The third-order valence-electron chi connectivity index (χ3n) is 3.34. The Morgan fingerprint density at radius 2 is 2.00 bits per heavy atom. The number of rotatable bonds is 6. The highest BCUT2D eigenvalue weighted by atomic mass is 16.5. The van der Waals surface area contributed by atoms with Gasteiger partial charge in [0.25, 0.3) is 0 Å². The molecule has 1 aromatic heterocycles. The van der Waals surface area contributed by atoms with E-state index in [0.717, 1.165) is 17.0 Å². The molecule has 0 fully saturated rings. The van der Waals surface area contributed by atoms with Crippen molar-refractivity contribution in [2.24, 2.45) is 7.05 Å². The van der Waals surface area contributed by atoms with Gasteiger partial charge < -0.3 is 9.84 Å². The van der Waals surface area contributed by atoms with Crippen molar-refractivity contribution in [2.45, 2.75) is 32.5 Å². The summed E-state index contributed by atoms with van der Waals surface area (Å²) < 4.78 is 7.54. The monoisotopic (exact) mass is 274 g/mol. The van der Waals surface area contributed by atoms with E-state index in [0.29, 0.717) is 13.0 Å². The van der Waals surface area contributed by atoms with Crippen molar-refractivity contribution in [1.29, 1.82) is 0 Å². The van der Waals surface area contributed by atoms with Crippen molar-refractivity contribution in [3.8, 4) is 0 Å². The van der Waals surface area contributed by atoms with Crippen LogP contribution < -0.4 is 0 Å². The van der Waals surface area contributed by atoms with E-state index in [2.05, 4.69) is 5.10 Å². The van der Waals surface area contributed by atoms with Crippen LogP contribution >= 0.6 is 0 Å². The molecule has 108 valence electrons. The molecule has 0 radical (unpaired) electrons. The van der Waals surface area contributed by atoms with Gasteiger partial charge in [-0.3, -0.25) is 4.68 Å². The van der Waals surface area contributed by atoms with Crippen LogP contribution in [-0.2, 0) is 18.2 Å². The molecule has 0 aliphatic rings. The van der Waals surface area contributed by atoms with Crippen molar-refractivity contribution < 1.29 is 9.84 Å². The van der Waals surface area contributed by atoms with Crippen LogP contribution in [0, 0.1) is 6.92 Å². The Morgan fingerprint density at radius 3 is 2.55 bits per heavy atom. The number of hydrogen-bond acceptors (Lipinski definition) is 3. The van der Waals surface area contributed by atoms with Gasteiger partial charge in [-0.1, -0.05) is 30.3 Å². The Morgan fingerprint density at radius 1 is 1.30 bits per heavy atom. The summed E-state index contributed by atoms with van der Waals surface area (Å²) in [6.45, 7) is 4.46. The maximum Gasteiger partial charge on any atom is 0.109 e.